The van der Waals surface area contributed by atoms with Gasteiger partial charge in [-0.15, -0.1) is 0 Å². The zero-order valence-electron chi connectivity index (χ0n) is 18.0. The Kier molecular flexibility index (Phi) is 4.75. The molecule has 3 aromatic rings. The molecule has 2 aliphatic heterocycles. The molecule has 2 aliphatic rings. The van der Waals surface area contributed by atoms with E-state index >= 15 is 0 Å². The highest BCUT2D eigenvalue weighted by atomic mass is 32.2. The number of nitrogens with one attached hydrogen (secondary N) is 2. The summed E-state index contributed by atoms with van der Waals surface area (Å²) in [7, 11) is -4.11. The number of fused-ring (bicyclic) bond motifs is 6. The average Bonchev–Trinajstić information content (AvgIpc) is 3.08. The minimum Gasteiger partial charge on any atom is -0.384 e. The van der Waals surface area contributed by atoms with Crippen LogP contribution in [0.5, 0.6) is 0 Å². The van der Waals surface area contributed by atoms with Gasteiger partial charge in [-0.05, 0) is 19.1 Å². The highest BCUT2D eigenvalue weighted by Crippen LogP contribution is 2.55. The van der Waals surface area contributed by atoms with E-state index in [-0.39, 0.29) is 22.4 Å². The van der Waals surface area contributed by atoms with Gasteiger partial charge in [0, 0.05) is 41.7 Å². The molecule has 0 spiro atoms. The van der Waals surface area contributed by atoms with Crippen LogP contribution in [-0.4, -0.2) is 30.3 Å². The monoisotopic (exact) mass is 477 g/mol. The number of anilines is 2. The Hall–Kier alpha value is -4.13. The minimum atomic E-state index is -4.11. The number of quaternary nitrogens is 1. The maximum atomic E-state index is 14.1. The van der Waals surface area contributed by atoms with Crippen molar-refractivity contribution in [3.63, 3.8) is 0 Å². The van der Waals surface area contributed by atoms with E-state index in [1.807, 2.05) is 6.08 Å². The number of carbonyl (C=O) groups excluding carboxylic acids is 1. The first kappa shape index (κ1) is 21.7. The van der Waals surface area contributed by atoms with Crippen LogP contribution in [0.15, 0.2) is 77.6 Å². The zero-order valence-corrected chi connectivity index (χ0v) is 18.8. The lowest BCUT2D eigenvalue weighted by Gasteiger charge is -2.46. The Balaban J connectivity index is 1.80. The number of carbonyl (C=O) groups is 1. The maximum Gasteiger partial charge on any atom is 0.454 e. The number of rotatable bonds is 4. The molecule has 12 heteroatoms. The summed E-state index contributed by atoms with van der Waals surface area (Å²) >= 11 is 0. The molecule has 0 fully saturated rings. The number of hydrogen-bond acceptors (Lipinski definition) is 7. The number of amidine groups is 1. The first-order chi connectivity index (χ1) is 16.2. The van der Waals surface area contributed by atoms with Crippen LogP contribution in [0.1, 0.15) is 24.1 Å². The van der Waals surface area contributed by atoms with Crippen LogP contribution in [0.2, 0.25) is 0 Å². The van der Waals surface area contributed by atoms with Gasteiger partial charge < -0.3 is 5.73 Å². The summed E-state index contributed by atoms with van der Waals surface area (Å²) in [5.74, 6) is -0.0773. The van der Waals surface area contributed by atoms with Gasteiger partial charge in [-0.1, -0.05) is 28.9 Å². The molecule has 0 saturated carbocycles. The molecule has 5 rings (SSSR count). The van der Waals surface area contributed by atoms with E-state index in [0.717, 1.165) is 0 Å². The van der Waals surface area contributed by atoms with E-state index in [0.29, 0.717) is 22.5 Å². The van der Waals surface area contributed by atoms with Gasteiger partial charge in [-0.25, -0.2) is 33.6 Å². The Bertz CT molecular complexity index is 1490. The van der Waals surface area contributed by atoms with Crippen molar-refractivity contribution < 1.29 is 13.2 Å². The number of nitrogen functional groups attached to an aromatic ring is 1. The number of amides is 2. The van der Waals surface area contributed by atoms with E-state index in [1.54, 1.807) is 60.5 Å². The third kappa shape index (κ3) is 3.00. The van der Waals surface area contributed by atoms with Crippen LogP contribution in [0.3, 0.4) is 0 Å². The lowest BCUT2D eigenvalue weighted by atomic mass is 10.0. The number of nitrogens with zero attached hydrogens (tertiary/aromatic N) is 4. The predicted octanol–water partition coefficient (Wildman–Crippen LogP) is 2.34. The summed E-state index contributed by atoms with van der Waals surface area (Å²) < 4.78 is 24.7. The summed E-state index contributed by atoms with van der Waals surface area (Å²) in [5.41, 5.74) is 7.91. The standard InChI is InChI=1S/C22H20N8O3S/c1-13-11-18-16-7-3-8-17(19(16)34(25,32)33)29(13)30(18,15-6-2-5-14(12-15)20(23)24)22(31)28-21-26-9-4-10-27-21/h2-12,18H,1H3,(H5-,23,24,25,26,27,28,31,32,33)/p+1. The predicted molar refractivity (Wildman–Crippen MR) is 127 cm³/mol. The summed E-state index contributed by atoms with van der Waals surface area (Å²) in [6.07, 6.45) is 4.82. The van der Waals surface area contributed by atoms with Crippen LogP contribution in [0.4, 0.5) is 22.1 Å². The largest absolute Gasteiger partial charge is 0.454 e. The summed E-state index contributed by atoms with van der Waals surface area (Å²) in [6, 6.07) is 12.0. The molecule has 4 bridgehead atoms. The van der Waals surface area contributed by atoms with E-state index in [4.69, 9.17) is 16.3 Å². The highest BCUT2D eigenvalue weighted by molar-refractivity contribution is 7.89. The maximum absolute atomic E-state index is 14.1. The van der Waals surface area contributed by atoms with E-state index in [2.05, 4.69) is 15.3 Å². The number of primary sulfonamides is 1. The molecule has 11 nitrogen and oxygen atoms in total. The second kappa shape index (κ2) is 7.45. The first-order valence-electron chi connectivity index (χ1n) is 10.2. The van der Waals surface area contributed by atoms with Gasteiger partial charge in [0.2, 0.25) is 16.0 Å². The normalized spacial score (nSPS) is 20.6. The molecule has 0 saturated heterocycles. The molecule has 1 aromatic heterocycles. The average molecular weight is 478 g/mol. The summed E-state index contributed by atoms with van der Waals surface area (Å²) in [6.45, 7) is 1.79. The smallest absolute Gasteiger partial charge is 0.384 e. The highest BCUT2D eigenvalue weighted by Gasteiger charge is 2.62. The number of aromatic nitrogens is 2. The van der Waals surface area contributed by atoms with Crippen molar-refractivity contribution in [3.8, 4) is 0 Å². The fraction of sp³-hybridized carbons (Fsp3) is 0.0909. The number of hydrogen-bond donors (Lipinski definition) is 4. The van der Waals surface area contributed by atoms with Crippen molar-refractivity contribution >= 4 is 39.2 Å². The second-order valence-electron chi connectivity index (χ2n) is 7.96. The minimum absolute atomic E-state index is 0.0340. The quantitative estimate of drug-likeness (QED) is 0.254. The Morgan fingerprint density at radius 3 is 2.53 bits per heavy atom. The van der Waals surface area contributed by atoms with Gasteiger partial charge in [0.25, 0.3) is 0 Å². The van der Waals surface area contributed by atoms with Gasteiger partial charge in [-0.3, -0.25) is 5.41 Å². The third-order valence-electron chi connectivity index (χ3n) is 5.95. The molecule has 2 aromatic carbocycles. The molecule has 0 radical (unpaired) electrons. The molecule has 2 atom stereocenters. The number of urea groups is 1. The van der Waals surface area contributed by atoms with Crippen LogP contribution in [0.25, 0.3) is 0 Å². The van der Waals surface area contributed by atoms with Crippen molar-refractivity contribution in [2.24, 2.45) is 10.9 Å². The number of sulfonamides is 1. The zero-order chi connectivity index (χ0) is 24.3. The van der Waals surface area contributed by atoms with Gasteiger partial charge >= 0.3 is 6.03 Å². The van der Waals surface area contributed by atoms with Crippen LogP contribution < -0.4 is 25.8 Å². The number of allylic oxidation sites excluding steroid dienone is 1. The van der Waals surface area contributed by atoms with E-state index in [9.17, 15) is 13.2 Å². The van der Waals surface area contributed by atoms with E-state index < -0.39 is 26.7 Å². The fourth-order valence-corrected chi connectivity index (χ4v) is 5.69. The molecule has 34 heavy (non-hydrogen) atoms. The van der Waals surface area contributed by atoms with Crippen molar-refractivity contribution in [2.45, 2.75) is 17.9 Å². The second-order valence-corrected chi connectivity index (χ2v) is 9.46. The Labute approximate surface area is 195 Å². The number of nitrogens with two attached hydrogens (primary N) is 2. The lowest BCUT2D eigenvalue weighted by molar-refractivity contribution is 0.200. The van der Waals surface area contributed by atoms with Crippen molar-refractivity contribution in [1.82, 2.24) is 14.6 Å². The van der Waals surface area contributed by atoms with Gasteiger partial charge in [0.1, 0.15) is 16.4 Å². The van der Waals surface area contributed by atoms with Gasteiger partial charge in [-0.2, -0.15) is 5.01 Å². The van der Waals surface area contributed by atoms with Gasteiger partial charge in [0.15, 0.2) is 11.7 Å². The topological polar surface area (TPSA) is 168 Å². The molecule has 2 amide bonds. The molecule has 0 aliphatic carbocycles. The Morgan fingerprint density at radius 2 is 1.85 bits per heavy atom. The third-order valence-corrected chi connectivity index (χ3v) is 6.97. The molecule has 2 unspecified atom stereocenters. The number of benzene rings is 2. The van der Waals surface area contributed by atoms with E-state index in [1.165, 1.54) is 12.4 Å². The van der Waals surface area contributed by atoms with Crippen molar-refractivity contribution in [3.05, 3.63) is 83.8 Å². The van der Waals surface area contributed by atoms with Crippen molar-refractivity contribution in [2.75, 3.05) is 10.3 Å². The Morgan fingerprint density at radius 1 is 1.15 bits per heavy atom. The lowest BCUT2D eigenvalue weighted by Crippen LogP contribution is -2.66. The fourth-order valence-electron chi connectivity index (χ4n) is 4.72. The van der Waals surface area contributed by atoms with Crippen LogP contribution in [0, 0.1) is 5.41 Å². The molecule has 6 N–H and O–H groups in total. The van der Waals surface area contributed by atoms with Crippen LogP contribution in [-0.2, 0) is 10.0 Å². The summed E-state index contributed by atoms with van der Waals surface area (Å²) in [5, 5.41) is 17.9. The SMILES string of the molecule is CC1=CC2c3cccc(c3S(N)(=O)=O)N1[N+]2(C(=O)Nc1ncccn1)c1cccc(C(=N)N)c1. The molecular formula is C22H21N8O3S+. The molecule has 172 valence electrons. The first-order valence-corrected chi connectivity index (χ1v) is 11.8. The molecular weight excluding hydrogens is 456 g/mol. The molecule has 3 heterocycles. The summed E-state index contributed by atoms with van der Waals surface area (Å²) in [4.78, 5) is 22.3. The van der Waals surface area contributed by atoms with Gasteiger partial charge in [0.05, 0.1) is 5.70 Å². The van der Waals surface area contributed by atoms with Crippen molar-refractivity contribution in [1.29, 1.82) is 5.41 Å². The van der Waals surface area contributed by atoms with Crippen LogP contribution >= 0.6 is 0 Å².